The van der Waals surface area contributed by atoms with Crippen molar-refractivity contribution in [3.63, 3.8) is 0 Å². The number of rotatable bonds is 3. The molecule has 36 heavy (non-hydrogen) atoms. The Morgan fingerprint density at radius 3 is 2.33 bits per heavy atom. The minimum absolute atomic E-state index is 0.138. The predicted octanol–water partition coefficient (Wildman–Crippen LogP) is 7.70. The summed E-state index contributed by atoms with van der Waals surface area (Å²) in [5.74, 6) is 0.921. The van der Waals surface area contributed by atoms with Crippen molar-refractivity contribution in [3.05, 3.63) is 62.4 Å². The minimum atomic E-state index is -4.45. The Morgan fingerprint density at radius 2 is 1.75 bits per heavy atom. The van der Waals surface area contributed by atoms with E-state index in [0.717, 1.165) is 25.0 Å². The first-order chi connectivity index (χ1) is 16.7. The molecule has 9 heteroatoms. The number of benzene rings is 2. The van der Waals surface area contributed by atoms with Crippen molar-refractivity contribution in [3.8, 4) is 0 Å². The number of aromatic nitrogens is 2. The molecular weight excluding hydrogens is 510 g/mol. The summed E-state index contributed by atoms with van der Waals surface area (Å²) < 4.78 is 41.6. The Balaban J connectivity index is 1.64. The van der Waals surface area contributed by atoms with Gasteiger partial charge in [0.1, 0.15) is 5.82 Å². The Kier molecular flexibility index (Phi) is 7.12. The number of imidazole rings is 1. The normalized spacial score (nSPS) is 15.7. The number of aryl methyl sites for hydroxylation is 2. The van der Waals surface area contributed by atoms with E-state index in [1.165, 1.54) is 0 Å². The molecule has 2 aromatic carbocycles. The number of hydrogen-bond acceptors (Lipinski definition) is 2. The Morgan fingerprint density at radius 1 is 1.11 bits per heavy atom. The highest BCUT2D eigenvalue weighted by molar-refractivity contribution is 6.38. The number of amides is 1. The van der Waals surface area contributed by atoms with Gasteiger partial charge in [0, 0.05) is 31.6 Å². The van der Waals surface area contributed by atoms with Crippen LogP contribution in [0.2, 0.25) is 10.0 Å². The number of carbonyl (C=O) groups excluding carboxylic acids is 1. The number of alkyl halides is 3. The number of carbonyl (C=O) groups is 1. The molecule has 0 unspecified atom stereocenters. The third-order valence-electron chi connectivity index (χ3n) is 7.36. The van der Waals surface area contributed by atoms with E-state index in [4.69, 9.17) is 23.2 Å². The maximum absolute atomic E-state index is 13.3. The molecule has 4 rings (SSSR count). The van der Waals surface area contributed by atoms with Crippen LogP contribution in [-0.2, 0) is 19.6 Å². The van der Waals surface area contributed by atoms with Gasteiger partial charge in [0.2, 0.25) is 0 Å². The van der Waals surface area contributed by atoms with E-state index >= 15 is 0 Å². The zero-order chi connectivity index (χ0) is 26.6. The molecule has 0 bridgehead atoms. The van der Waals surface area contributed by atoms with Crippen molar-refractivity contribution in [2.24, 2.45) is 18.4 Å². The zero-order valence-electron chi connectivity index (χ0n) is 21.1. The van der Waals surface area contributed by atoms with Crippen molar-refractivity contribution in [2.75, 3.05) is 13.1 Å². The van der Waals surface area contributed by atoms with Crippen LogP contribution in [0.25, 0.3) is 11.0 Å². The largest absolute Gasteiger partial charge is 0.416 e. The van der Waals surface area contributed by atoms with Crippen molar-refractivity contribution < 1.29 is 18.0 Å². The monoisotopic (exact) mass is 539 g/mol. The van der Waals surface area contributed by atoms with Gasteiger partial charge in [0.25, 0.3) is 5.91 Å². The number of halogens is 5. The first-order valence-electron chi connectivity index (χ1n) is 12.0. The number of nitrogens with zero attached hydrogens (tertiary/aromatic N) is 3. The second-order valence-corrected chi connectivity index (χ2v) is 11.5. The summed E-state index contributed by atoms with van der Waals surface area (Å²) in [5.41, 5.74) is 1.67. The van der Waals surface area contributed by atoms with Crippen LogP contribution in [-0.4, -0.2) is 33.4 Å². The van der Waals surface area contributed by atoms with Crippen LogP contribution in [0.3, 0.4) is 0 Å². The highest BCUT2D eigenvalue weighted by Crippen LogP contribution is 2.37. The zero-order valence-corrected chi connectivity index (χ0v) is 22.6. The van der Waals surface area contributed by atoms with Crippen LogP contribution in [0.1, 0.15) is 66.5 Å². The van der Waals surface area contributed by atoms with Gasteiger partial charge in [-0.25, -0.2) is 4.98 Å². The summed E-state index contributed by atoms with van der Waals surface area (Å²) in [4.78, 5) is 19.8. The Hall–Kier alpha value is -2.25. The summed E-state index contributed by atoms with van der Waals surface area (Å²) in [6.45, 7) is 9.62. The highest BCUT2D eigenvalue weighted by atomic mass is 35.5. The van der Waals surface area contributed by atoms with Gasteiger partial charge in [-0.05, 0) is 66.5 Å². The number of likely N-dealkylation sites (tertiary alicyclic amines) is 1. The molecule has 1 aliphatic heterocycles. The predicted molar refractivity (Wildman–Crippen MR) is 138 cm³/mol. The average Bonchev–Trinajstić information content (AvgIpc) is 3.11. The van der Waals surface area contributed by atoms with E-state index in [0.29, 0.717) is 57.6 Å². The molecule has 1 aromatic heterocycles. The quantitative estimate of drug-likeness (QED) is 0.342. The topological polar surface area (TPSA) is 38.1 Å². The maximum Gasteiger partial charge on any atom is 0.416 e. The van der Waals surface area contributed by atoms with Gasteiger partial charge in [0.05, 0.1) is 27.2 Å². The molecule has 0 radical (unpaired) electrons. The Bertz CT molecular complexity index is 1320. The minimum Gasteiger partial charge on any atom is -0.339 e. The third-order valence-corrected chi connectivity index (χ3v) is 8.14. The number of hydrogen-bond donors (Lipinski definition) is 0. The molecule has 194 valence electrons. The van der Waals surface area contributed by atoms with Crippen LogP contribution in [0.5, 0.6) is 0 Å². The van der Waals surface area contributed by atoms with Crippen molar-refractivity contribution in [2.45, 2.75) is 53.1 Å². The second-order valence-electron chi connectivity index (χ2n) is 10.7. The van der Waals surface area contributed by atoms with E-state index in [-0.39, 0.29) is 22.8 Å². The molecule has 3 aromatic rings. The molecule has 2 heterocycles. The average molecular weight is 540 g/mol. The smallest absolute Gasteiger partial charge is 0.339 e. The van der Waals surface area contributed by atoms with E-state index in [2.05, 4.69) is 25.8 Å². The molecule has 1 amide bonds. The van der Waals surface area contributed by atoms with Gasteiger partial charge in [0.15, 0.2) is 0 Å². The van der Waals surface area contributed by atoms with Crippen LogP contribution < -0.4 is 0 Å². The second kappa shape index (κ2) is 9.56. The lowest BCUT2D eigenvalue weighted by molar-refractivity contribution is -0.137. The lowest BCUT2D eigenvalue weighted by atomic mass is 9.75. The third kappa shape index (κ3) is 5.10. The SMILES string of the molecule is Cc1cc(C(F)(F)F)cc2c1nc(Cc1c(Cl)ccc(C(=O)N3CCC(C(C)(C)C)CC3)c1Cl)n2C. The van der Waals surface area contributed by atoms with Crippen LogP contribution >= 0.6 is 23.2 Å². The molecular formula is C27H30Cl2F3N3O. The van der Waals surface area contributed by atoms with Gasteiger partial charge in [-0.3, -0.25) is 4.79 Å². The molecule has 0 atom stereocenters. The van der Waals surface area contributed by atoms with Crippen molar-refractivity contribution in [1.29, 1.82) is 0 Å². The lowest BCUT2D eigenvalue weighted by Gasteiger charge is -2.39. The van der Waals surface area contributed by atoms with Crippen LogP contribution in [0.15, 0.2) is 24.3 Å². The fourth-order valence-corrected chi connectivity index (χ4v) is 5.61. The summed E-state index contributed by atoms with van der Waals surface area (Å²) in [5, 5.41) is 0.632. The first-order valence-corrected chi connectivity index (χ1v) is 12.7. The van der Waals surface area contributed by atoms with Gasteiger partial charge < -0.3 is 9.47 Å². The fourth-order valence-electron chi connectivity index (χ4n) is 5.03. The van der Waals surface area contributed by atoms with E-state index < -0.39 is 11.7 Å². The fraction of sp³-hybridized carbons (Fsp3) is 0.481. The van der Waals surface area contributed by atoms with Crippen LogP contribution in [0.4, 0.5) is 13.2 Å². The molecule has 0 aliphatic carbocycles. The van der Waals surface area contributed by atoms with E-state index in [9.17, 15) is 18.0 Å². The summed E-state index contributed by atoms with van der Waals surface area (Å²) >= 11 is 13.2. The molecule has 4 nitrogen and oxygen atoms in total. The molecule has 0 saturated carbocycles. The molecule has 1 fully saturated rings. The van der Waals surface area contributed by atoms with Gasteiger partial charge in [-0.15, -0.1) is 0 Å². The van der Waals surface area contributed by atoms with Crippen LogP contribution in [0, 0.1) is 18.3 Å². The molecule has 0 spiro atoms. The molecule has 1 aliphatic rings. The summed E-state index contributed by atoms with van der Waals surface area (Å²) in [7, 11) is 1.67. The van der Waals surface area contributed by atoms with Gasteiger partial charge >= 0.3 is 6.18 Å². The molecule has 0 N–H and O–H groups in total. The standard InChI is InChI=1S/C27H30Cl2F3N3O/c1-15-12-17(27(30,31)32)13-21-24(15)33-22(34(21)5)14-19-20(28)7-6-18(23(19)29)25(36)35-10-8-16(9-11-35)26(2,3)4/h6-7,12-13,16H,8-11,14H2,1-5H3. The van der Waals surface area contributed by atoms with Gasteiger partial charge in [-0.1, -0.05) is 44.0 Å². The number of fused-ring (bicyclic) bond motifs is 1. The van der Waals surface area contributed by atoms with Crippen molar-refractivity contribution >= 4 is 40.1 Å². The first kappa shape index (κ1) is 26.8. The number of piperidine rings is 1. The highest BCUT2D eigenvalue weighted by Gasteiger charge is 2.33. The Labute approximate surface area is 219 Å². The van der Waals surface area contributed by atoms with E-state index in [1.54, 1.807) is 30.7 Å². The van der Waals surface area contributed by atoms with Gasteiger partial charge in [-0.2, -0.15) is 13.2 Å². The molecule has 1 saturated heterocycles. The lowest BCUT2D eigenvalue weighted by Crippen LogP contribution is -2.41. The summed E-state index contributed by atoms with van der Waals surface area (Å²) in [6, 6.07) is 5.49. The maximum atomic E-state index is 13.3. The van der Waals surface area contributed by atoms with Crippen molar-refractivity contribution in [1.82, 2.24) is 14.5 Å². The summed E-state index contributed by atoms with van der Waals surface area (Å²) in [6.07, 6.45) is -2.40. The van der Waals surface area contributed by atoms with E-state index in [1.807, 2.05) is 4.90 Å².